The number of nitrogens with zero attached hydrogens (tertiary/aromatic N) is 2. The zero-order valence-corrected chi connectivity index (χ0v) is 18.8. The number of piperidine rings is 1. The van der Waals surface area contributed by atoms with Crippen LogP contribution in [0.2, 0.25) is 0 Å². The fourth-order valence-electron chi connectivity index (χ4n) is 5.06. The minimum Gasteiger partial charge on any atom is -0.487 e. The molecule has 0 bridgehead atoms. The van der Waals surface area contributed by atoms with Crippen molar-refractivity contribution in [3.8, 4) is 5.75 Å². The second-order valence-corrected chi connectivity index (χ2v) is 9.48. The Morgan fingerprint density at radius 1 is 1.25 bits per heavy atom. The summed E-state index contributed by atoms with van der Waals surface area (Å²) < 4.78 is 25.2. The number of amides is 3. The Bertz CT molecular complexity index is 928. The van der Waals surface area contributed by atoms with E-state index >= 15 is 0 Å². The molecule has 1 aromatic carbocycles. The number of benzene rings is 1. The van der Waals surface area contributed by atoms with Gasteiger partial charge in [-0.15, -0.1) is 0 Å². The molecule has 3 amide bonds. The lowest BCUT2D eigenvalue weighted by atomic mass is 9.77. The fraction of sp³-hybridized carbons (Fsp3) is 0.609. The van der Waals surface area contributed by atoms with E-state index < -0.39 is 23.0 Å². The third-order valence-corrected chi connectivity index (χ3v) is 6.38. The molecule has 3 aliphatic rings. The van der Waals surface area contributed by atoms with Gasteiger partial charge in [0.15, 0.2) is 5.54 Å². The second-order valence-electron chi connectivity index (χ2n) is 9.48. The average molecular weight is 448 g/mol. The fourth-order valence-corrected chi connectivity index (χ4v) is 5.06. The molecule has 2 fully saturated rings. The van der Waals surface area contributed by atoms with Crippen LogP contribution in [0.3, 0.4) is 0 Å². The van der Waals surface area contributed by atoms with Crippen molar-refractivity contribution >= 4 is 17.9 Å². The monoisotopic (exact) mass is 447 g/mol. The number of carbonyl (C=O) groups is 3. The Morgan fingerprint density at radius 2 is 1.97 bits per heavy atom. The van der Waals surface area contributed by atoms with Crippen LogP contribution in [0.4, 0.5) is 9.18 Å². The molecule has 9 heteroatoms. The zero-order chi connectivity index (χ0) is 23.1. The number of carbonyl (C=O) groups excluding carboxylic acids is 3. The summed E-state index contributed by atoms with van der Waals surface area (Å²) in [6.07, 6.45) is 2.38. The normalized spacial score (nSPS) is 25.4. The maximum absolute atomic E-state index is 14.0. The minimum atomic E-state index is -1.32. The number of imide groups is 1. The van der Waals surface area contributed by atoms with Crippen LogP contribution in [0.15, 0.2) is 18.2 Å². The summed E-state index contributed by atoms with van der Waals surface area (Å²) in [4.78, 5) is 40.9. The number of halogens is 1. The molecule has 4 rings (SSSR count). The van der Waals surface area contributed by atoms with Gasteiger partial charge in [-0.2, -0.15) is 0 Å². The number of urea groups is 1. The molecule has 0 aliphatic carbocycles. The first-order valence-electron chi connectivity index (χ1n) is 11.1. The Morgan fingerprint density at radius 3 is 2.66 bits per heavy atom. The topological polar surface area (TPSA) is 88.2 Å². The second kappa shape index (κ2) is 8.35. The SMILES string of the molecule is CC(=O)OC1CCN(CCCN2C(=O)NC3(CC(C)(C)Oc4ccc(F)cc43)C2=O)CC1. The highest BCUT2D eigenvalue weighted by Crippen LogP contribution is 2.46. The van der Waals surface area contributed by atoms with E-state index in [2.05, 4.69) is 10.2 Å². The van der Waals surface area contributed by atoms with Crippen molar-refractivity contribution < 1.29 is 28.2 Å². The lowest BCUT2D eigenvalue weighted by Gasteiger charge is -2.42. The predicted octanol–water partition coefficient (Wildman–Crippen LogP) is 2.55. The van der Waals surface area contributed by atoms with Crippen LogP contribution in [0, 0.1) is 5.82 Å². The highest BCUT2D eigenvalue weighted by molar-refractivity contribution is 6.08. The Balaban J connectivity index is 1.41. The van der Waals surface area contributed by atoms with Gasteiger partial charge in [-0.1, -0.05) is 0 Å². The first-order valence-corrected chi connectivity index (χ1v) is 11.1. The molecule has 8 nitrogen and oxygen atoms in total. The largest absolute Gasteiger partial charge is 0.487 e. The lowest BCUT2D eigenvalue weighted by Crippen LogP contribution is -2.53. The first-order chi connectivity index (χ1) is 15.1. The molecule has 1 aromatic rings. The van der Waals surface area contributed by atoms with Crippen LogP contribution >= 0.6 is 0 Å². The quantitative estimate of drug-likeness (QED) is 0.551. The third-order valence-electron chi connectivity index (χ3n) is 6.38. The molecule has 0 radical (unpaired) electrons. The molecule has 1 N–H and O–H groups in total. The molecular formula is C23H30FN3O5. The summed E-state index contributed by atoms with van der Waals surface area (Å²) >= 11 is 0. The number of ether oxygens (including phenoxy) is 2. The van der Waals surface area contributed by atoms with E-state index in [-0.39, 0.29) is 30.9 Å². The van der Waals surface area contributed by atoms with Gasteiger partial charge in [-0.3, -0.25) is 14.5 Å². The highest BCUT2D eigenvalue weighted by atomic mass is 19.1. The van der Waals surface area contributed by atoms with E-state index in [9.17, 15) is 18.8 Å². The molecule has 174 valence electrons. The highest BCUT2D eigenvalue weighted by Gasteiger charge is 2.58. The Labute approximate surface area is 187 Å². The maximum Gasteiger partial charge on any atom is 0.325 e. The van der Waals surface area contributed by atoms with Gasteiger partial charge >= 0.3 is 12.0 Å². The van der Waals surface area contributed by atoms with Crippen molar-refractivity contribution in [3.63, 3.8) is 0 Å². The number of rotatable bonds is 5. The van der Waals surface area contributed by atoms with Gasteiger partial charge in [0.05, 0.1) is 0 Å². The summed E-state index contributed by atoms with van der Waals surface area (Å²) in [5, 5.41) is 2.85. The average Bonchev–Trinajstić information content (AvgIpc) is 2.93. The van der Waals surface area contributed by atoms with Crippen molar-refractivity contribution in [3.05, 3.63) is 29.6 Å². The number of hydrogen-bond acceptors (Lipinski definition) is 6. The summed E-state index contributed by atoms with van der Waals surface area (Å²) in [6, 6.07) is 3.61. The van der Waals surface area contributed by atoms with Crippen molar-refractivity contribution in [1.29, 1.82) is 0 Å². The van der Waals surface area contributed by atoms with E-state index in [1.54, 1.807) is 0 Å². The van der Waals surface area contributed by atoms with Gasteiger partial charge in [0.1, 0.15) is 23.3 Å². The minimum absolute atomic E-state index is 0.0353. The number of hydrogen-bond donors (Lipinski definition) is 1. The van der Waals surface area contributed by atoms with E-state index in [0.717, 1.165) is 32.5 Å². The zero-order valence-electron chi connectivity index (χ0n) is 18.8. The van der Waals surface area contributed by atoms with Gasteiger partial charge in [-0.05, 0) is 57.9 Å². The maximum atomic E-state index is 14.0. The first kappa shape index (κ1) is 22.5. The Hall–Kier alpha value is -2.68. The van der Waals surface area contributed by atoms with Gasteiger partial charge in [0.25, 0.3) is 5.91 Å². The summed E-state index contributed by atoms with van der Waals surface area (Å²) in [5.74, 6) is -0.689. The van der Waals surface area contributed by atoms with E-state index in [0.29, 0.717) is 17.7 Å². The molecule has 1 spiro atoms. The van der Waals surface area contributed by atoms with Crippen LogP contribution < -0.4 is 10.1 Å². The van der Waals surface area contributed by atoms with Gasteiger partial charge < -0.3 is 19.7 Å². The van der Waals surface area contributed by atoms with Gasteiger partial charge in [0, 0.05) is 38.5 Å². The standard InChI is InChI=1S/C23H30FN3O5/c1-15(28)31-17-7-11-26(12-8-17)9-4-10-27-20(29)23(25-21(27)30)14-22(2,3)32-19-6-5-16(24)13-18(19)23/h5-6,13,17H,4,7-12,14H2,1-3H3,(H,25,30). The van der Waals surface area contributed by atoms with E-state index in [4.69, 9.17) is 9.47 Å². The molecule has 3 aliphatic heterocycles. The van der Waals surface area contributed by atoms with Crippen molar-refractivity contribution in [2.24, 2.45) is 0 Å². The van der Waals surface area contributed by atoms with Crippen LogP contribution in [0.5, 0.6) is 5.75 Å². The van der Waals surface area contributed by atoms with Crippen molar-refractivity contribution in [2.45, 2.75) is 63.7 Å². The summed E-state index contributed by atoms with van der Waals surface area (Å²) in [7, 11) is 0. The molecule has 0 aromatic heterocycles. The molecule has 2 saturated heterocycles. The van der Waals surface area contributed by atoms with Crippen LogP contribution in [-0.4, -0.2) is 65.6 Å². The van der Waals surface area contributed by atoms with Crippen molar-refractivity contribution in [1.82, 2.24) is 15.1 Å². The lowest BCUT2D eigenvalue weighted by molar-refractivity contribution is -0.148. The van der Waals surface area contributed by atoms with Gasteiger partial charge in [0.2, 0.25) is 0 Å². The molecular weight excluding hydrogens is 417 g/mol. The van der Waals surface area contributed by atoms with Crippen LogP contribution in [-0.2, 0) is 19.9 Å². The van der Waals surface area contributed by atoms with Crippen LogP contribution in [0.25, 0.3) is 0 Å². The number of likely N-dealkylation sites (tertiary alicyclic amines) is 1. The smallest absolute Gasteiger partial charge is 0.325 e. The third kappa shape index (κ3) is 4.30. The number of nitrogens with one attached hydrogen (secondary N) is 1. The Kier molecular flexibility index (Phi) is 5.87. The molecule has 1 unspecified atom stereocenters. The summed E-state index contributed by atoms with van der Waals surface area (Å²) in [5.41, 5.74) is -1.65. The van der Waals surface area contributed by atoms with Crippen molar-refractivity contribution in [2.75, 3.05) is 26.2 Å². The van der Waals surface area contributed by atoms with E-state index in [1.165, 1.54) is 30.0 Å². The van der Waals surface area contributed by atoms with Gasteiger partial charge in [-0.25, -0.2) is 9.18 Å². The molecule has 32 heavy (non-hydrogen) atoms. The van der Waals surface area contributed by atoms with E-state index in [1.807, 2.05) is 13.8 Å². The number of esters is 1. The number of fused-ring (bicyclic) bond motifs is 2. The molecule has 3 heterocycles. The van der Waals surface area contributed by atoms with Crippen LogP contribution in [0.1, 0.15) is 52.0 Å². The molecule has 0 saturated carbocycles. The molecule has 1 atom stereocenters. The predicted molar refractivity (Wildman–Crippen MR) is 113 cm³/mol. The summed E-state index contributed by atoms with van der Waals surface area (Å²) in [6.45, 7) is 7.74.